The van der Waals surface area contributed by atoms with E-state index in [1.807, 2.05) is 42.7 Å². The van der Waals surface area contributed by atoms with Crippen LogP contribution in [-0.4, -0.2) is 28.1 Å². The zero-order valence-corrected chi connectivity index (χ0v) is 17.2. The van der Waals surface area contributed by atoms with Crippen LogP contribution in [0.4, 0.5) is 0 Å². The van der Waals surface area contributed by atoms with Gasteiger partial charge in [-0.2, -0.15) is 0 Å². The molecule has 1 atom stereocenters. The molecule has 0 unspecified atom stereocenters. The number of carbonyl (C=O) groups is 1. The van der Waals surface area contributed by atoms with Crippen LogP contribution in [0.5, 0.6) is 0 Å². The van der Waals surface area contributed by atoms with Gasteiger partial charge in [-0.25, -0.2) is 0 Å². The van der Waals surface area contributed by atoms with Crippen LogP contribution in [0, 0.1) is 0 Å². The molecule has 3 heterocycles. The lowest BCUT2D eigenvalue weighted by Crippen LogP contribution is -2.39. The Morgan fingerprint density at radius 3 is 2.37 bits per heavy atom. The number of halogens is 2. The Labute approximate surface area is 171 Å². The molecule has 0 bridgehead atoms. The van der Waals surface area contributed by atoms with Crippen LogP contribution in [0.25, 0.3) is 21.8 Å². The molecule has 0 saturated heterocycles. The molecule has 134 valence electrons. The second kappa shape index (κ2) is 6.35. The van der Waals surface area contributed by atoms with Crippen LogP contribution in [0.15, 0.2) is 62.7 Å². The molecule has 5 nitrogen and oxygen atoms in total. The molecule has 0 radical (unpaired) electrons. The summed E-state index contributed by atoms with van der Waals surface area (Å²) in [5.74, 6) is -0.141. The average Bonchev–Trinajstić information content (AvgIpc) is 3.25. The quantitative estimate of drug-likeness (QED) is 0.373. The monoisotopic (exact) mass is 484 g/mol. The van der Waals surface area contributed by atoms with Crippen molar-refractivity contribution in [3.8, 4) is 0 Å². The minimum Gasteiger partial charge on any atom is -0.361 e. The fourth-order valence-electron chi connectivity index (χ4n) is 3.60. The SMILES string of the molecule is O=C1NC[C@@H](c2c[nH]c3cc(Br)ccc23)N=C1c1c[nH]c2cc(Br)ccc12. The van der Waals surface area contributed by atoms with Crippen molar-refractivity contribution in [1.29, 1.82) is 0 Å². The van der Waals surface area contributed by atoms with Crippen LogP contribution >= 0.6 is 31.9 Å². The van der Waals surface area contributed by atoms with Crippen molar-refractivity contribution in [1.82, 2.24) is 15.3 Å². The predicted octanol–water partition coefficient (Wildman–Crippen LogP) is 4.83. The lowest BCUT2D eigenvalue weighted by atomic mass is 10.0. The normalized spacial score (nSPS) is 17.3. The van der Waals surface area contributed by atoms with Gasteiger partial charge in [0.15, 0.2) is 0 Å². The van der Waals surface area contributed by atoms with Gasteiger partial charge in [0.05, 0.1) is 6.04 Å². The molecule has 1 aliphatic heterocycles. The standard InChI is InChI=1S/C20H14Br2N4O/c21-10-1-3-12-14(7-23-16(12)5-10)18-9-25-20(27)19(26-18)15-8-24-17-6-11(22)2-4-13(15)17/h1-8,18,23-24H,9H2,(H,25,27)/t18-/m0/s1. The smallest absolute Gasteiger partial charge is 0.270 e. The molecule has 1 aliphatic rings. The summed E-state index contributed by atoms with van der Waals surface area (Å²) in [6.45, 7) is 0.485. The fourth-order valence-corrected chi connectivity index (χ4v) is 4.32. The summed E-state index contributed by atoms with van der Waals surface area (Å²) in [4.78, 5) is 23.9. The Hall–Kier alpha value is -2.38. The Bertz CT molecular complexity index is 1240. The third kappa shape index (κ3) is 2.82. The van der Waals surface area contributed by atoms with E-state index in [-0.39, 0.29) is 11.9 Å². The lowest BCUT2D eigenvalue weighted by molar-refractivity contribution is -0.115. The van der Waals surface area contributed by atoms with Crippen LogP contribution in [0.3, 0.4) is 0 Å². The number of aliphatic imine (C=N–C) groups is 1. The number of aromatic nitrogens is 2. The number of H-pyrrole nitrogens is 2. The summed E-state index contributed by atoms with van der Waals surface area (Å²) in [6.07, 6.45) is 3.83. The Morgan fingerprint density at radius 1 is 0.926 bits per heavy atom. The molecule has 0 fully saturated rings. The van der Waals surface area contributed by atoms with E-state index >= 15 is 0 Å². The number of hydrogen-bond acceptors (Lipinski definition) is 2. The summed E-state index contributed by atoms with van der Waals surface area (Å²) in [7, 11) is 0. The Balaban J connectivity index is 1.63. The highest BCUT2D eigenvalue weighted by molar-refractivity contribution is 9.10. The number of fused-ring (bicyclic) bond motifs is 2. The average molecular weight is 486 g/mol. The first-order valence-electron chi connectivity index (χ1n) is 8.50. The number of aromatic amines is 2. The molecule has 0 spiro atoms. The molecular formula is C20H14Br2N4O. The molecule has 5 rings (SSSR count). The highest BCUT2D eigenvalue weighted by atomic mass is 79.9. The summed E-state index contributed by atoms with van der Waals surface area (Å²) in [5.41, 5.74) is 4.38. The van der Waals surface area contributed by atoms with E-state index in [9.17, 15) is 4.79 Å². The summed E-state index contributed by atoms with van der Waals surface area (Å²) in [6, 6.07) is 12.0. The van der Waals surface area contributed by atoms with E-state index in [2.05, 4.69) is 53.2 Å². The molecule has 0 aliphatic carbocycles. The van der Waals surface area contributed by atoms with Gasteiger partial charge in [-0.15, -0.1) is 0 Å². The van der Waals surface area contributed by atoms with Crippen molar-refractivity contribution in [3.63, 3.8) is 0 Å². The minimum atomic E-state index is -0.141. The van der Waals surface area contributed by atoms with Crippen LogP contribution in [0.1, 0.15) is 17.2 Å². The first-order chi connectivity index (χ1) is 13.1. The summed E-state index contributed by atoms with van der Waals surface area (Å²) >= 11 is 6.97. The fraction of sp³-hybridized carbons (Fsp3) is 0.100. The van der Waals surface area contributed by atoms with Gasteiger partial charge in [0.25, 0.3) is 5.91 Å². The van der Waals surface area contributed by atoms with Crippen molar-refractivity contribution in [3.05, 3.63) is 68.9 Å². The maximum absolute atomic E-state index is 12.5. The number of benzene rings is 2. The van der Waals surface area contributed by atoms with Gasteiger partial charge in [0, 0.05) is 60.8 Å². The minimum absolute atomic E-state index is 0.131. The van der Waals surface area contributed by atoms with Crippen LogP contribution in [0.2, 0.25) is 0 Å². The first kappa shape index (κ1) is 16.8. The third-order valence-electron chi connectivity index (χ3n) is 4.89. The molecule has 7 heteroatoms. The van der Waals surface area contributed by atoms with Gasteiger partial charge in [0.1, 0.15) is 5.71 Å². The van der Waals surface area contributed by atoms with Crippen LogP contribution < -0.4 is 5.32 Å². The maximum Gasteiger partial charge on any atom is 0.270 e. The molecule has 2 aromatic heterocycles. The molecule has 1 amide bonds. The second-order valence-corrected chi connectivity index (χ2v) is 8.36. The van der Waals surface area contributed by atoms with Gasteiger partial charge < -0.3 is 15.3 Å². The number of nitrogens with one attached hydrogen (secondary N) is 3. The van der Waals surface area contributed by atoms with E-state index in [1.165, 1.54) is 0 Å². The van der Waals surface area contributed by atoms with E-state index in [1.54, 1.807) is 0 Å². The number of carbonyl (C=O) groups excluding carboxylic acids is 1. The van der Waals surface area contributed by atoms with Crippen molar-refractivity contribution >= 4 is 65.3 Å². The molecule has 27 heavy (non-hydrogen) atoms. The van der Waals surface area contributed by atoms with Gasteiger partial charge in [-0.05, 0) is 24.3 Å². The Kier molecular flexibility index (Phi) is 3.94. The van der Waals surface area contributed by atoms with Gasteiger partial charge in [-0.3, -0.25) is 9.79 Å². The third-order valence-corrected chi connectivity index (χ3v) is 5.88. The molecule has 0 saturated carbocycles. The molecule has 3 N–H and O–H groups in total. The molecule has 4 aromatic rings. The largest absolute Gasteiger partial charge is 0.361 e. The Morgan fingerprint density at radius 2 is 1.59 bits per heavy atom. The van der Waals surface area contributed by atoms with E-state index in [0.29, 0.717) is 12.3 Å². The zero-order chi connectivity index (χ0) is 18.5. The van der Waals surface area contributed by atoms with E-state index < -0.39 is 0 Å². The highest BCUT2D eigenvalue weighted by Crippen LogP contribution is 2.31. The van der Waals surface area contributed by atoms with E-state index in [4.69, 9.17) is 4.99 Å². The van der Waals surface area contributed by atoms with Crippen molar-refractivity contribution < 1.29 is 4.79 Å². The highest BCUT2D eigenvalue weighted by Gasteiger charge is 2.27. The van der Waals surface area contributed by atoms with Crippen molar-refractivity contribution in [2.75, 3.05) is 6.54 Å². The number of amides is 1. The predicted molar refractivity (Wildman–Crippen MR) is 114 cm³/mol. The van der Waals surface area contributed by atoms with E-state index in [0.717, 1.165) is 41.9 Å². The summed E-state index contributed by atoms with van der Waals surface area (Å²) < 4.78 is 2.01. The van der Waals surface area contributed by atoms with Gasteiger partial charge >= 0.3 is 0 Å². The molecular weight excluding hydrogens is 472 g/mol. The molecule has 2 aromatic carbocycles. The van der Waals surface area contributed by atoms with Crippen LogP contribution in [-0.2, 0) is 4.79 Å². The topological polar surface area (TPSA) is 73.0 Å². The number of nitrogens with zero attached hydrogens (tertiary/aromatic N) is 1. The lowest BCUT2D eigenvalue weighted by Gasteiger charge is -2.21. The van der Waals surface area contributed by atoms with Gasteiger partial charge in [-0.1, -0.05) is 44.0 Å². The van der Waals surface area contributed by atoms with Crippen molar-refractivity contribution in [2.45, 2.75) is 6.04 Å². The maximum atomic E-state index is 12.5. The number of hydrogen-bond donors (Lipinski definition) is 3. The number of rotatable bonds is 2. The zero-order valence-electron chi connectivity index (χ0n) is 14.0. The summed E-state index contributed by atoms with van der Waals surface area (Å²) in [5, 5.41) is 5.09. The van der Waals surface area contributed by atoms with Gasteiger partial charge in [0.2, 0.25) is 0 Å². The first-order valence-corrected chi connectivity index (χ1v) is 10.1. The second-order valence-electron chi connectivity index (χ2n) is 6.53. The van der Waals surface area contributed by atoms with Crippen molar-refractivity contribution in [2.24, 2.45) is 4.99 Å².